The van der Waals surface area contributed by atoms with Gasteiger partial charge in [-0.25, -0.2) is 0 Å². The number of fused-ring (bicyclic) bond motifs is 1. The minimum absolute atomic E-state index is 0.753. The van der Waals surface area contributed by atoms with E-state index in [9.17, 15) is 0 Å². The van der Waals surface area contributed by atoms with E-state index in [4.69, 9.17) is 0 Å². The van der Waals surface area contributed by atoms with Crippen LogP contribution in [0.1, 0.15) is 52.9 Å². The molecule has 3 nitrogen and oxygen atoms in total. The fourth-order valence-corrected chi connectivity index (χ4v) is 3.80. The summed E-state index contributed by atoms with van der Waals surface area (Å²) in [4.78, 5) is 5.52. The topological polar surface area (TPSA) is 18.5 Å². The maximum Gasteiger partial charge on any atom is 0.0223 e. The van der Waals surface area contributed by atoms with Crippen LogP contribution in [0.5, 0.6) is 0 Å². The molecule has 2 atom stereocenters. The van der Waals surface area contributed by atoms with Crippen molar-refractivity contribution in [2.45, 2.75) is 65.0 Å². The first-order valence-electron chi connectivity index (χ1n) is 8.89. The Labute approximate surface area is 126 Å². The lowest BCUT2D eigenvalue weighted by Gasteiger charge is -2.46. The second-order valence-electron chi connectivity index (χ2n) is 7.18. The van der Waals surface area contributed by atoms with Gasteiger partial charge < -0.3 is 5.32 Å². The lowest BCUT2D eigenvalue weighted by molar-refractivity contribution is 0.0250. The lowest BCUT2D eigenvalue weighted by Crippen LogP contribution is -2.58. The van der Waals surface area contributed by atoms with Crippen molar-refractivity contribution in [2.75, 3.05) is 39.3 Å². The van der Waals surface area contributed by atoms with E-state index in [-0.39, 0.29) is 0 Å². The minimum Gasteiger partial charge on any atom is -0.315 e. The van der Waals surface area contributed by atoms with E-state index in [1.165, 1.54) is 64.8 Å². The van der Waals surface area contributed by atoms with Crippen LogP contribution in [0.3, 0.4) is 0 Å². The number of hydrogen-bond acceptors (Lipinski definition) is 3. The molecule has 118 valence electrons. The summed E-state index contributed by atoms with van der Waals surface area (Å²) in [5.41, 5.74) is 0. The summed E-state index contributed by atoms with van der Waals surface area (Å²) >= 11 is 0. The van der Waals surface area contributed by atoms with Crippen LogP contribution >= 0.6 is 0 Å². The number of hydrogen-bond donors (Lipinski definition) is 1. The van der Waals surface area contributed by atoms with Gasteiger partial charge in [0.2, 0.25) is 0 Å². The Morgan fingerprint density at radius 1 is 1.10 bits per heavy atom. The van der Waals surface area contributed by atoms with Crippen LogP contribution in [-0.2, 0) is 0 Å². The van der Waals surface area contributed by atoms with Crippen LogP contribution in [0.15, 0.2) is 0 Å². The van der Waals surface area contributed by atoms with Crippen LogP contribution < -0.4 is 5.32 Å². The smallest absolute Gasteiger partial charge is 0.0223 e. The maximum absolute atomic E-state index is 3.68. The Morgan fingerprint density at radius 2 is 1.95 bits per heavy atom. The van der Waals surface area contributed by atoms with Crippen molar-refractivity contribution in [2.24, 2.45) is 5.92 Å². The van der Waals surface area contributed by atoms with Gasteiger partial charge in [0.05, 0.1) is 0 Å². The summed E-state index contributed by atoms with van der Waals surface area (Å²) in [5, 5.41) is 3.68. The summed E-state index contributed by atoms with van der Waals surface area (Å²) in [7, 11) is 0. The zero-order chi connectivity index (χ0) is 14.4. The molecule has 2 aliphatic rings. The highest BCUT2D eigenvalue weighted by Crippen LogP contribution is 2.23. The summed E-state index contributed by atoms with van der Waals surface area (Å²) in [6.45, 7) is 14.5. The van der Waals surface area contributed by atoms with Gasteiger partial charge in [0.15, 0.2) is 0 Å². The molecular weight excluding hydrogens is 246 g/mol. The summed E-state index contributed by atoms with van der Waals surface area (Å²) in [6.07, 6.45) is 6.94. The number of nitrogens with zero attached hydrogens (tertiary/aromatic N) is 2. The fraction of sp³-hybridized carbons (Fsp3) is 1.00. The zero-order valence-electron chi connectivity index (χ0n) is 13.9. The Kier molecular flexibility index (Phi) is 6.79. The Hall–Kier alpha value is -0.120. The van der Waals surface area contributed by atoms with Gasteiger partial charge in [0.25, 0.3) is 0 Å². The summed E-state index contributed by atoms with van der Waals surface area (Å²) in [5.74, 6) is 0.757. The third-order valence-corrected chi connectivity index (χ3v) is 4.94. The molecule has 2 rings (SSSR count). The van der Waals surface area contributed by atoms with Crippen molar-refractivity contribution in [3.63, 3.8) is 0 Å². The minimum atomic E-state index is 0.753. The van der Waals surface area contributed by atoms with Gasteiger partial charge >= 0.3 is 0 Å². The highest BCUT2D eigenvalue weighted by atomic mass is 15.3. The van der Waals surface area contributed by atoms with Crippen molar-refractivity contribution in [3.05, 3.63) is 0 Å². The monoisotopic (exact) mass is 281 g/mol. The van der Waals surface area contributed by atoms with Crippen molar-refractivity contribution in [3.8, 4) is 0 Å². The molecule has 2 unspecified atom stereocenters. The first-order chi connectivity index (χ1) is 9.70. The van der Waals surface area contributed by atoms with Gasteiger partial charge in [0, 0.05) is 38.3 Å². The van der Waals surface area contributed by atoms with Gasteiger partial charge in [-0.15, -0.1) is 0 Å². The largest absolute Gasteiger partial charge is 0.315 e. The molecule has 0 radical (unpaired) electrons. The highest BCUT2D eigenvalue weighted by molar-refractivity contribution is 4.88. The molecule has 0 saturated carbocycles. The Morgan fingerprint density at radius 3 is 2.70 bits per heavy atom. The predicted molar refractivity (Wildman–Crippen MR) is 87.2 cm³/mol. The normalized spacial score (nSPS) is 26.7. The van der Waals surface area contributed by atoms with E-state index in [1.807, 2.05) is 0 Å². The molecule has 0 aromatic rings. The van der Waals surface area contributed by atoms with Crippen molar-refractivity contribution >= 4 is 0 Å². The first-order valence-corrected chi connectivity index (χ1v) is 8.89. The molecule has 20 heavy (non-hydrogen) atoms. The second-order valence-corrected chi connectivity index (χ2v) is 7.18. The van der Waals surface area contributed by atoms with Crippen molar-refractivity contribution < 1.29 is 0 Å². The van der Waals surface area contributed by atoms with Crippen LogP contribution in [0.25, 0.3) is 0 Å². The molecule has 0 aliphatic carbocycles. The molecule has 0 bridgehead atoms. The number of nitrogens with one attached hydrogen (secondary N) is 1. The van der Waals surface area contributed by atoms with Gasteiger partial charge in [0.1, 0.15) is 0 Å². The van der Waals surface area contributed by atoms with Gasteiger partial charge in [-0.1, -0.05) is 33.6 Å². The highest BCUT2D eigenvalue weighted by Gasteiger charge is 2.31. The number of piperidine rings is 1. The Bertz CT molecular complexity index is 267. The van der Waals surface area contributed by atoms with E-state index in [2.05, 4.69) is 35.9 Å². The fourth-order valence-electron chi connectivity index (χ4n) is 3.80. The SMILES string of the molecule is CCCC(CNCC(C)C)N1CCN2CCCCC2C1. The van der Waals surface area contributed by atoms with Gasteiger partial charge in [-0.2, -0.15) is 0 Å². The van der Waals surface area contributed by atoms with Crippen LogP contribution in [0.4, 0.5) is 0 Å². The maximum atomic E-state index is 3.68. The Balaban J connectivity index is 1.82. The number of piperazine rings is 1. The van der Waals surface area contributed by atoms with Crippen molar-refractivity contribution in [1.29, 1.82) is 0 Å². The molecule has 2 saturated heterocycles. The molecule has 2 aliphatic heterocycles. The van der Waals surface area contributed by atoms with Crippen molar-refractivity contribution in [1.82, 2.24) is 15.1 Å². The number of rotatable bonds is 7. The zero-order valence-corrected chi connectivity index (χ0v) is 13.9. The lowest BCUT2D eigenvalue weighted by atomic mass is 9.97. The van der Waals surface area contributed by atoms with E-state index in [0.717, 1.165) is 24.5 Å². The van der Waals surface area contributed by atoms with E-state index < -0.39 is 0 Å². The molecule has 2 fully saturated rings. The van der Waals surface area contributed by atoms with Crippen LogP contribution in [0, 0.1) is 5.92 Å². The van der Waals surface area contributed by atoms with E-state index in [1.54, 1.807) is 0 Å². The van der Waals surface area contributed by atoms with E-state index >= 15 is 0 Å². The molecule has 0 amide bonds. The molecule has 1 N–H and O–H groups in total. The first kappa shape index (κ1) is 16.3. The van der Waals surface area contributed by atoms with Gasteiger partial charge in [-0.3, -0.25) is 9.80 Å². The standard InChI is InChI=1S/C17H35N3/c1-4-7-16(13-18-12-15(2)3)20-11-10-19-9-6-5-8-17(19)14-20/h15-18H,4-14H2,1-3H3. The third-order valence-electron chi connectivity index (χ3n) is 4.94. The molecule has 2 heterocycles. The molecule has 0 aromatic carbocycles. The quantitative estimate of drug-likeness (QED) is 0.774. The van der Waals surface area contributed by atoms with Gasteiger partial charge in [-0.05, 0) is 38.3 Å². The predicted octanol–water partition coefficient (Wildman–Crippen LogP) is 2.57. The third kappa shape index (κ3) is 4.71. The average Bonchev–Trinajstić information content (AvgIpc) is 2.45. The molecule has 0 spiro atoms. The van der Waals surface area contributed by atoms with Crippen LogP contribution in [0.2, 0.25) is 0 Å². The average molecular weight is 281 g/mol. The summed E-state index contributed by atoms with van der Waals surface area (Å²) < 4.78 is 0. The molecular formula is C17H35N3. The summed E-state index contributed by atoms with van der Waals surface area (Å²) in [6, 6.07) is 1.60. The second kappa shape index (κ2) is 8.35. The van der Waals surface area contributed by atoms with E-state index in [0.29, 0.717) is 0 Å². The molecule has 3 heteroatoms. The van der Waals surface area contributed by atoms with Crippen LogP contribution in [-0.4, -0.2) is 61.2 Å². The molecule has 0 aromatic heterocycles.